The average molecular weight is 428 g/mol. The van der Waals surface area contributed by atoms with Crippen molar-refractivity contribution >= 4 is 33.0 Å². The summed E-state index contributed by atoms with van der Waals surface area (Å²) in [5, 5.41) is 6.64. The summed E-state index contributed by atoms with van der Waals surface area (Å²) in [5.41, 5.74) is 1.57. The van der Waals surface area contributed by atoms with Crippen molar-refractivity contribution in [2.45, 2.75) is 18.7 Å². The van der Waals surface area contributed by atoms with Crippen LogP contribution in [0.4, 0.5) is 5.82 Å². The Morgan fingerprint density at radius 3 is 2.76 bits per heavy atom. The lowest BCUT2D eigenvalue weighted by atomic mass is 10.2. The summed E-state index contributed by atoms with van der Waals surface area (Å²) in [6.07, 6.45) is 1.56. The third kappa shape index (κ3) is 3.84. The fourth-order valence-electron chi connectivity index (χ4n) is 2.70. The number of Topliss-reactive ketones (excluding diaryl/α,β-unsaturated/α-hetero) is 1. The predicted molar refractivity (Wildman–Crippen MR) is 109 cm³/mol. The van der Waals surface area contributed by atoms with Crippen molar-refractivity contribution in [3.05, 3.63) is 65.4 Å². The van der Waals surface area contributed by atoms with Crippen LogP contribution < -0.4 is 4.72 Å². The van der Waals surface area contributed by atoms with Crippen LogP contribution in [0, 0.1) is 6.92 Å². The molecule has 0 bridgehead atoms. The number of nitrogens with zero attached hydrogens (tertiary/aromatic N) is 3. The van der Waals surface area contributed by atoms with E-state index in [1.807, 2.05) is 0 Å². The number of sulfonamides is 1. The van der Waals surface area contributed by atoms with Gasteiger partial charge in [0.15, 0.2) is 11.5 Å². The van der Waals surface area contributed by atoms with E-state index in [0.717, 1.165) is 0 Å². The second kappa shape index (κ2) is 7.30. The lowest BCUT2D eigenvalue weighted by Gasteiger charge is -2.09. The van der Waals surface area contributed by atoms with Crippen molar-refractivity contribution in [2.24, 2.45) is 0 Å². The van der Waals surface area contributed by atoms with Gasteiger partial charge in [-0.25, -0.2) is 13.4 Å². The number of carbonyl (C=O) groups is 1. The maximum Gasteiger partial charge on any atom is 0.263 e. The van der Waals surface area contributed by atoms with E-state index >= 15 is 0 Å². The molecule has 0 unspecified atom stereocenters. The molecule has 0 aliphatic rings. The zero-order valence-electron chi connectivity index (χ0n) is 15.5. The SMILES string of the molecule is CC(=O)c1cccc(S(=O)(=O)Nc2cc(C)nn2-c2nc(-c3ccco3)cs2)c1. The minimum Gasteiger partial charge on any atom is -0.463 e. The zero-order chi connectivity index (χ0) is 20.6. The monoisotopic (exact) mass is 428 g/mol. The number of nitrogens with one attached hydrogen (secondary N) is 1. The van der Waals surface area contributed by atoms with Crippen LogP contribution in [0.2, 0.25) is 0 Å². The summed E-state index contributed by atoms with van der Waals surface area (Å²) in [5.74, 6) is 0.645. The molecular formula is C19H16N4O4S2. The number of hydrogen-bond acceptors (Lipinski definition) is 7. The van der Waals surface area contributed by atoms with Crippen LogP contribution in [-0.2, 0) is 10.0 Å². The fourth-order valence-corrected chi connectivity index (χ4v) is 4.55. The molecule has 1 N–H and O–H groups in total. The van der Waals surface area contributed by atoms with E-state index in [-0.39, 0.29) is 16.5 Å². The highest BCUT2D eigenvalue weighted by molar-refractivity contribution is 7.92. The first-order valence-electron chi connectivity index (χ1n) is 8.54. The lowest BCUT2D eigenvalue weighted by Crippen LogP contribution is -2.16. The first-order chi connectivity index (χ1) is 13.8. The number of thiazole rings is 1. The van der Waals surface area contributed by atoms with Gasteiger partial charge in [0, 0.05) is 17.0 Å². The van der Waals surface area contributed by atoms with E-state index in [1.54, 1.807) is 42.8 Å². The summed E-state index contributed by atoms with van der Waals surface area (Å²) in [6.45, 7) is 3.14. The molecule has 10 heteroatoms. The highest BCUT2D eigenvalue weighted by atomic mass is 32.2. The van der Waals surface area contributed by atoms with Crippen LogP contribution >= 0.6 is 11.3 Å². The Bertz CT molecular complexity index is 1290. The number of aryl methyl sites for hydroxylation is 1. The van der Waals surface area contributed by atoms with E-state index in [2.05, 4.69) is 14.8 Å². The lowest BCUT2D eigenvalue weighted by molar-refractivity contribution is 0.101. The average Bonchev–Trinajstić information content (AvgIpc) is 3.41. The van der Waals surface area contributed by atoms with Crippen molar-refractivity contribution in [1.29, 1.82) is 0 Å². The van der Waals surface area contributed by atoms with E-state index in [0.29, 0.717) is 27.8 Å². The largest absolute Gasteiger partial charge is 0.463 e. The number of furan rings is 1. The molecule has 0 aliphatic heterocycles. The summed E-state index contributed by atoms with van der Waals surface area (Å²) >= 11 is 1.31. The molecule has 0 amide bonds. The molecule has 0 saturated carbocycles. The van der Waals surface area contributed by atoms with Gasteiger partial charge in [-0.1, -0.05) is 12.1 Å². The quantitative estimate of drug-likeness (QED) is 0.467. The number of benzene rings is 1. The maximum atomic E-state index is 12.9. The van der Waals surface area contributed by atoms with Crippen molar-refractivity contribution in [2.75, 3.05) is 4.72 Å². The molecule has 4 rings (SSSR count). The van der Waals surface area contributed by atoms with Gasteiger partial charge in [0.25, 0.3) is 10.0 Å². The van der Waals surface area contributed by atoms with Crippen LogP contribution in [0.5, 0.6) is 0 Å². The molecule has 1 aromatic carbocycles. The third-order valence-electron chi connectivity index (χ3n) is 4.07. The molecule has 3 heterocycles. The topological polar surface area (TPSA) is 107 Å². The Balaban J connectivity index is 1.69. The number of anilines is 1. The molecule has 0 radical (unpaired) electrons. The van der Waals surface area contributed by atoms with E-state index < -0.39 is 10.0 Å². The number of ketones is 1. The van der Waals surface area contributed by atoms with E-state index in [4.69, 9.17) is 4.42 Å². The molecule has 0 atom stereocenters. The molecule has 148 valence electrons. The fraction of sp³-hybridized carbons (Fsp3) is 0.105. The minimum atomic E-state index is -3.93. The molecule has 8 nitrogen and oxygen atoms in total. The Labute approximate surface area is 170 Å². The van der Waals surface area contributed by atoms with Gasteiger partial charge in [-0.3, -0.25) is 9.52 Å². The molecule has 3 aromatic heterocycles. The minimum absolute atomic E-state index is 0.00832. The highest BCUT2D eigenvalue weighted by Gasteiger charge is 2.20. The molecule has 0 spiro atoms. The van der Waals surface area contributed by atoms with Gasteiger partial charge in [-0.15, -0.1) is 11.3 Å². The summed E-state index contributed by atoms with van der Waals surface area (Å²) in [7, 11) is -3.93. The van der Waals surface area contributed by atoms with E-state index in [9.17, 15) is 13.2 Å². The Morgan fingerprint density at radius 1 is 1.21 bits per heavy atom. The first kappa shape index (κ1) is 19.1. The normalized spacial score (nSPS) is 11.5. The zero-order valence-corrected chi connectivity index (χ0v) is 17.1. The van der Waals surface area contributed by atoms with Gasteiger partial charge in [-0.2, -0.15) is 9.78 Å². The molecule has 4 aromatic rings. The number of carbonyl (C=O) groups excluding carboxylic acids is 1. The van der Waals surface area contributed by atoms with Crippen molar-refractivity contribution < 1.29 is 17.6 Å². The van der Waals surface area contributed by atoms with Gasteiger partial charge < -0.3 is 4.42 Å². The second-order valence-corrected chi connectivity index (χ2v) is 8.78. The van der Waals surface area contributed by atoms with Gasteiger partial charge in [0.2, 0.25) is 5.13 Å². The van der Waals surface area contributed by atoms with Crippen molar-refractivity contribution in [1.82, 2.24) is 14.8 Å². The van der Waals surface area contributed by atoms with Crippen LogP contribution in [0.25, 0.3) is 16.6 Å². The maximum absolute atomic E-state index is 12.9. The van der Waals surface area contributed by atoms with Crippen molar-refractivity contribution in [3.8, 4) is 16.6 Å². The van der Waals surface area contributed by atoms with Gasteiger partial charge in [0.05, 0.1) is 16.9 Å². The Hall–Kier alpha value is -3.24. The number of hydrogen-bond donors (Lipinski definition) is 1. The van der Waals surface area contributed by atoms with E-state index in [1.165, 1.54) is 41.1 Å². The molecule has 0 fully saturated rings. The van der Waals surface area contributed by atoms with Crippen LogP contribution in [-0.4, -0.2) is 29.0 Å². The molecular weight excluding hydrogens is 412 g/mol. The van der Waals surface area contributed by atoms with Gasteiger partial charge in [-0.05, 0) is 38.1 Å². The smallest absolute Gasteiger partial charge is 0.263 e. The molecule has 0 saturated heterocycles. The Kier molecular flexibility index (Phi) is 4.81. The number of rotatable bonds is 6. The highest BCUT2D eigenvalue weighted by Crippen LogP contribution is 2.27. The Morgan fingerprint density at radius 2 is 2.03 bits per heavy atom. The standard InChI is InChI=1S/C19H16N4O4S2/c1-12-9-18(22-29(25,26)15-6-3-5-14(10-15)13(2)24)23(21-12)19-20-16(11-28-19)17-7-4-8-27-17/h3-11,22H,1-2H3. The van der Waals surface area contributed by atoms with Crippen molar-refractivity contribution in [3.63, 3.8) is 0 Å². The summed E-state index contributed by atoms with van der Waals surface area (Å²) in [4.78, 5) is 16.1. The molecule has 29 heavy (non-hydrogen) atoms. The summed E-state index contributed by atoms with van der Waals surface area (Å²) in [6, 6.07) is 11.0. The van der Waals surface area contributed by atoms with Crippen LogP contribution in [0.1, 0.15) is 23.0 Å². The van der Waals surface area contributed by atoms with Crippen LogP contribution in [0.15, 0.2) is 63.4 Å². The van der Waals surface area contributed by atoms with Gasteiger partial charge in [0.1, 0.15) is 11.5 Å². The predicted octanol–water partition coefficient (Wildman–Crippen LogP) is 3.90. The van der Waals surface area contributed by atoms with Gasteiger partial charge >= 0.3 is 0 Å². The second-order valence-electron chi connectivity index (χ2n) is 6.26. The summed E-state index contributed by atoms with van der Waals surface area (Å²) < 4.78 is 35.0. The third-order valence-corrected chi connectivity index (χ3v) is 6.24. The van der Waals surface area contributed by atoms with Crippen LogP contribution in [0.3, 0.4) is 0 Å². The molecule has 0 aliphatic carbocycles. The number of aromatic nitrogens is 3. The first-order valence-corrected chi connectivity index (χ1v) is 10.9.